The average molecular weight is 427 g/mol. The van der Waals surface area contributed by atoms with Gasteiger partial charge in [0.2, 0.25) is 0 Å². The van der Waals surface area contributed by atoms with Crippen molar-refractivity contribution in [2.75, 3.05) is 11.8 Å². The molecule has 2 aromatic rings. The molecule has 0 unspecified atom stereocenters. The Hall–Kier alpha value is -2.45. The Balaban J connectivity index is 2.14. The van der Waals surface area contributed by atoms with E-state index in [9.17, 15) is 13.2 Å². The first kappa shape index (κ1) is 21.8. The number of amides is 1. The van der Waals surface area contributed by atoms with Gasteiger partial charge in [-0.2, -0.15) is 0 Å². The zero-order valence-electron chi connectivity index (χ0n) is 16.0. The molecule has 0 aromatic heterocycles. The lowest BCUT2D eigenvalue weighted by Gasteiger charge is -2.17. The molecule has 0 fully saturated rings. The minimum Gasteiger partial charge on any atom is -0.495 e. The van der Waals surface area contributed by atoms with Crippen molar-refractivity contribution in [2.24, 2.45) is 0 Å². The molecule has 0 bridgehead atoms. The van der Waals surface area contributed by atoms with Crippen molar-refractivity contribution in [1.82, 2.24) is 5.32 Å². The summed E-state index contributed by atoms with van der Waals surface area (Å²) in [7, 11) is -2.43. The van der Waals surface area contributed by atoms with Crippen LogP contribution in [0.25, 0.3) is 0 Å². The zero-order valence-corrected chi connectivity index (χ0v) is 17.6. The standard InChI is InChI=1S/C19H23ClN2O5S/c1-12(2)21-19(23)13(3)27-15-6-8-16(9-7-15)28(24,25)22-17-11-14(20)5-10-18(17)26-4/h5-13,22H,1-4H3,(H,21,23)/t13-/m1/s1. The normalized spacial score (nSPS) is 12.4. The monoisotopic (exact) mass is 426 g/mol. The molecule has 28 heavy (non-hydrogen) atoms. The van der Waals surface area contributed by atoms with Crippen LogP contribution < -0.4 is 19.5 Å². The summed E-state index contributed by atoms with van der Waals surface area (Å²) < 4.78 is 38.4. The molecule has 0 saturated heterocycles. The van der Waals surface area contributed by atoms with Crippen LogP contribution in [-0.4, -0.2) is 33.6 Å². The molecule has 152 valence electrons. The van der Waals surface area contributed by atoms with Crippen LogP contribution in [0.5, 0.6) is 11.5 Å². The third kappa shape index (κ3) is 5.77. The van der Waals surface area contributed by atoms with Gasteiger partial charge in [0.15, 0.2) is 6.10 Å². The van der Waals surface area contributed by atoms with Gasteiger partial charge in [0.05, 0.1) is 17.7 Å². The number of rotatable bonds is 8. The molecule has 0 aliphatic rings. The Morgan fingerprint density at radius 3 is 2.29 bits per heavy atom. The number of carbonyl (C=O) groups is 1. The molecule has 0 heterocycles. The summed E-state index contributed by atoms with van der Waals surface area (Å²) in [5.74, 6) is 0.477. The van der Waals surface area contributed by atoms with Gasteiger partial charge in [-0.3, -0.25) is 9.52 Å². The molecular formula is C19H23ClN2O5S. The molecule has 2 N–H and O–H groups in total. The van der Waals surface area contributed by atoms with Gasteiger partial charge in [0.1, 0.15) is 11.5 Å². The molecule has 2 aromatic carbocycles. The molecule has 2 rings (SSSR count). The van der Waals surface area contributed by atoms with E-state index in [1.807, 2.05) is 13.8 Å². The van der Waals surface area contributed by atoms with Gasteiger partial charge in [0.25, 0.3) is 15.9 Å². The number of halogens is 1. The summed E-state index contributed by atoms with van der Waals surface area (Å²) >= 11 is 5.94. The van der Waals surface area contributed by atoms with Crippen LogP contribution in [0.1, 0.15) is 20.8 Å². The number of nitrogens with one attached hydrogen (secondary N) is 2. The highest BCUT2D eigenvalue weighted by Crippen LogP contribution is 2.30. The molecule has 0 aliphatic heterocycles. The van der Waals surface area contributed by atoms with Crippen molar-refractivity contribution < 1.29 is 22.7 Å². The Kier molecular flexibility index (Phi) is 7.15. The Morgan fingerprint density at radius 2 is 1.71 bits per heavy atom. The lowest BCUT2D eigenvalue weighted by Crippen LogP contribution is -2.40. The number of anilines is 1. The molecular weight excluding hydrogens is 404 g/mol. The van der Waals surface area contributed by atoms with Gasteiger partial charge in [-0.15, -0.1) is 0 Å². The maximum Gasteiger partial charge on any atom is 0.262 e. The predicted molar refractivity (Wildman–Crippen MR) is 109 cm³/mol. The fraction of sp³-hybridized carbons (Fsp3) is 0.316. The summed E-state index contributed by atoms with van der Waals surface area (Å²) in [5, 5.41) is 3.12. The Labute approximate surface area is 170 Å². The van der Waals surface area contributed by atoms with Gasteiger partial charge in [-0.25, -0.2) is 8.42 Å². The summed E-state index contributed by atoms with van der Waals surface area (Å²) in [5.41, 5.74) is 0.231. The second-order valence-corrected chi connectivity index (χ2v) is 8.46. The number of hydrogen-bond acceptors (Lipinski definition) is 5. The van der Waals surface area contributed by atoms with Crippen molar-refractivity contribution in [1.29, 1.82) is 0 Å². The van der Waals surface area contributed by atoms with Gasteiger partial charge in [-0.1, -0.05) is 11.6 Å². The fourth-order valence-corrected chi connectivity index (χ4v) is 3.55. The molecule has 0 spiro atoms. The maximum atomic E-state index is 12.6. The molecule has 0 radical (unpaired) electrons. The number of carbonyl (C=O) groups excluding carboxylic acids is 1. The summed E-state index contributed by atoms with van der Waals surface area (Å²) in [6.45, 7) is 5.33. The van der Waals surface area contributed by atoms with E-state index in [1.54, 1.807) is 19.1 Å². The predicted octanol–water partition coefficient (Wildman–Crippen LogP) is 3.44. The quantitative estimate of drug-likeness (QED) is 0.674. The van der Waals surface area contributed by atoms with Crippen molar-refractivity contribution in [3.8, 4) is 11.5 Å². The van der Waals surface area contributed by atoms with Crippen LogP contribution in [0.3, 0.4) is 0 Å². The van der Waals surface area contributed by atoms with E-state index in [4.69, 9.17) is 21.1 Å². The lowest BCUT2D eigenvalue weighted by atomic mass is 10.3. The van der Waals surface area contributed by atoms with E-state index >= 15 is 0 Å². The second-order valence-electron chi connectivity index (χ2n) is 6.34. The minimum atomic E-state index is -3.86. The molecule has 0 saturated carbocycles. The van der Waals surface area contributed by atoms with E-state index in [0.29, 0.717) is 16.5 Å². The van der Waals surface area contributed by atoms with Gasteiger partial charge in [-0.05, 0) is 63.2 Å². The Bertz CT molecular complexity index is 930. The van der Waals surface area contributed by atoms with Gasteiger partial charge < -0.3 is 14.8 Å². The highest BCUT2D eigenvalue weighted by Gasteiger charge is 2.19. The van der Waals surface area contributed by atoms with E-state index in [-0.39, 0.29) is 22.5 Å². The molecule has 7 nitrogen and oxygen atoms in total. The molecule has 1 amide bonds. The molecule has 1 atom stereocenters. The van der Waals surface area contributed by atoms with Crippen LogP contribution in [0.2, 0.25) is 5.02 Å². The number of methoxy groups -OCH3 is 1. The van der Waals surface area contributed by atoms with Crippen molar-refractivity contribution in [2.45, 2.75) is 37.8 Å². The first-order valence-corrected chi connectivity index (χ1v) is 10.4. The first-order chi connectivity index (χ1) is 13.1. The van der Waals surface area contributed by atoms with Crippen LogP contribution in [0.15, 0.2) is 47.4 Å². The number of ether oxygens (including phenoxy) is 2. The number of hydrogen-bond donors (Lipinski definition) is 2. The average Bonchev–Trinajstić information content (AvgIpc) is 2.61. The summed E-state index contributed by atoms with van der Waals surface area (Å²) in [6, 6.07) is 10.4. The maximum absolute atomic E-state index is 12.6. The topological polar surface area (TPSA) is 93.7 Å². The van der Waals surface area contributed by atoms with Crippen LogP contribution in [0, 0.1) is 0 Å². The number of sulfonamides is 1. The smallest absolute Gasteiger partial charge is 0.262 e. The second kappa shape index (κ2) is 9.16. The minimum absolute atomic E-state index is 0.000578. The highest BCUT2D eigenvalue weighted by atomic mass is 35.5. The molecule has 9 heteroatoms. The Morgan fingerprint density at radius 1 is 1.07 bits per heavy atom. The lowest BCUT2D eigenvalue weighted by molar-refractivity contribution is -0.127. The first-order valence-electron chi connectivity index (χ1n) is 8.56. The van der Waals surface area contributed by atoms with Gasteiger partial charge in [0, 0.05) is 11.1 Å². The van der Waals surface area contributed by atoms with E-state index in [2.05, 4.69) is 10.0 Å². The van der Waals surface area contributed by atoms with E-state index in [0.717, 1.165) is 0 Å². The van der Waals surface area contributed by atoms with Crippen LogP contribution in [-0.2, 0) is 14.8 Å². The number of benzene rings is 2. The van der Waals surface area contributed by atoms with Crippen LogP contribution in [0.4, 0.5) is 5.69 Å². The summed E-state index contributed by atoms with van der Waals surface area (Å²) in [6.07, 6.45) is -0.710. The third-order valence-electron chi connectivity index (χ3n) is 3.65. The molecule has 0 aliphatic carbocycles. The third-order valence-corrected chi connectivity index (χ3v) is 5.27. The zero-order chi connectivity index (χ0) is 20.9. The van der Waals surface area contributed by atoms with Crippen molar-refractivity contribution >= 4 is 33.2 Å². The van der Waals surface area contributed by atoms with Crippen molar-refractivity contribution in [3.63, 3.8) is 0 Å². The van der Waals surface area contributed by atoms with Crippen LogP contribution >= 0.6 is 11.6 Å². The van der Waals surface area contributed by atoms with E-state index in [1.165, 1.54) is 37.4 Å². The van der Waals surface area contributed by atoms with E-state index < -0.39 is 16.1 Å². The van der Waals surface area contributed by atoms with Gasteiger partial charge >= 0.3 is 0 Å². The highest BCUT2D eigenvalue weighted by molar-refractivity contribution is 7.92. The SMILES string of the molecule is COc1ccc(Cl)cc1NS(=O)(=O)c1ccc(O[C@H](C)C(=O)NC(C)C)cc1. The van der Waals surface area contributed by atoms with Crippen molar-refractivity contribution in [3.05, 3.63) is 47.5 Å². The largest absolute Gasteiger partial charge is 0.495 e. The summed E-state index contributed by atoms with van der Waals surface area (Å²) in [4.78, 5) is 11.9. The fourth-order valence-electron chi connectivity index (χ4n) is 2.32.